The van der Waals surface area contributed by atoms with Crippen molar-refractivity contribution in [3.05, 3.63) is 59.1 Å². The summed E-state index contributed by atoms with van der Waals surface area (Å²) in [5, 5.41) is 3.34. The molecule has 2 amide bonds. The Labute approximate surface area is 180 Å². The minimum absolute atomic E-state index is 0.125. The van der Waals surface area contributed by atoms with Gasteiger partial charge in [0.2, 0.25) is 5.91 Å². The van der Waals surface area contributed by atoms with Crippen molar-refractivity contribution < 1.29 is 23.9 Å². The molecule has 2 rings (SSSR count). The average Bonchev–Trinajstić information content (AvgIpc) is 2.73. The van der Waals surface area contributed by atoms with Gasteiger partial charge >= 0.3 is 5.97 Å². The molecule has 0 spiro atoms. The molecule has 0 atom stereocenters. The van der Waals surface area contributed by atoms with Crippen molar-refractivity contribution in [3.63, 3.8) is 0 Å². The van der Waals surface area contributed by atoms with Crippen LogP contribution in [0.15, 0.2) is 48.5 Å². The van der Waals surface area contributed by atoms with Crippen LogP contribution in [0.5, 0.6) is 5.75 Å². The number of hydrogen-bond donors (Lipinski definition) is 1. The highest BCUT2D eigenvalue weighted by atomic mass is 35.5. The average molecular weight is 433 g/mol. The van der Waals surface area contributed by atoms with E-state index in [0.717, 1.165) is 5.56 Å². The second kappa shape index (κ2) is 11.8. The molecule has 2 aromatic carbocycles. The number of carbonyl (C=O) groups is 3. The van der Waals surface area contributed by atoms with Crippen LogP contribution in [-0.4, -0.2) is 49.0 Å². The largest absolute Gasteiger partial charge is 0.482 e. The number of esters is 1. The molecule has 0 aliphatic heterocycles. The third-order valence-electron chi connectivity index (χ3n) is 4.13. The van der Waals surface area contributed by atoms with Gasteiger partial charge in [-0.1, -0.05) is 36.7 Å². The molecular weight excluding hydrogens is 408 g/mol. The number of aryl methyl sites for hydroxylation is 1. The number of benzene rings is 2. The first-order chi connectivity index (χ1) is 14.4. The lowest BCUT2D eigenvalue weighted by molar-refractivity contribution is -0.154. The van der Waals surface area contributed by atoms with Gasteiger partial charge in [0.15, 0.2) is 13.2 Å². The summed E-state index contributed by atoms with van der Waals surface area (Å²) in [6.07, 6.45) is 0.664. The number of para-hydroxylation sites is 1. The molecule has 7 nitrogen and oxygen atoms in total. The fourth-order valence-electron chi connectivity index (χ4n) is 2.59. The molecule has 0 unspecified atom stereocenters. The van der Waals surface area contributed by atoms with Crippen molar-refractivity contribution in [1.29, 1.82) is 0 Å². The predicted octanol–water partition coefficient (Wildman–Crippen LogP) is 3.45. The molecule has 2 aromatic rings. The Morgan fingerprint density at radius 1 is 1.03 bits per heavy atom. The number of anilines is 1. The van der Waals surface area contributed by atoms with E-state index >= 15 is 0 Å². The summed E-state index contributed by atoms with van der Waals surface area (Å²) in [5.74, 6) is -0.984. The summed E-state index contributed by atoms with van der Waals surface area (Å²) in [5.41, 5.74) is 1.62. The van der Waals surface area contributed by atoms with E-state index in [4.69, 9.17) is 21.1 Å². The topological polar surface area (TPSA) is 84.9 Å². The van der Waals surface area contributed by atoms with Gasteiger partial charge in [-0.05, 0) is 49.2 Å². The van der Waals surface area contributed by atoms with E-state index in [-0.39, 0.29) is 19.1 Å². The van der Waals surface area contributed by atoms with E-state index in [9.17, 15) is 14.4 Å². The fraction of sp³-hybridized carbons (Fsp3) is 0.318. The molecule has 0 radical (unpaired) electrons. The van der Waals surface area contributed by atoms with Crippen molar-refractivity contribution in [2.75, 3.05) is 31.6 Å². The molecule has 1 N–H and O–H groups in total. The van der Waals surface area contributed by atoms with Crippen molar-refractivity contribution in [3.8, 4) is 5.75 Å². The van der Waals surface area contributed by atoms with Crippen LogP contribution >= 0.6 is 11.6 Å². The first kappa shape index (κ1) is 23.2. The van der Waals surface area contributed by atoms with Gasteiger partial charge < -0.3 is 19.7 Å². The van der Waals surface area contributed by atoms with E-state index in [1.165, 1.54) is 4.90 Å². The molecule has 0 saturated heterocycles. The molecule has 0 aliphatic carbocycles. The van der Waals surface area contributed by atoms with E-state index < -0.39 is 18.5 Å². The number of rotatable bonds is 10. The summed E-state index contributed by atoms with van der Waals surface area (Å²) in [7, 11) is 0. The lowest BCUT2D eigenvalue weighted by Crippen LogP contribution is -2.41. The molecule has 0 fully saturated rings. The summed E-state index contributed by atoms with van der Waals surface area (Å²) in [6.45, 7) is 3.23. The van der Waals surface area contributed by atoms with Crippen LogP contribution < -0.4 is 10.1 Å². The Morgan fingerprint density at radius 3 is 2.40 bits per heavy atom. The van der Waals surface area contributed by atoms with Gasteiger partial charge in [-0.2, -0.15) is 0 Å². The van der Waals surface area contributed by atoms with Gasteiger partial charge in [-0.25, -0.2) is 4.79 Å². The maximum absolute atomic E-state index is 12.4. The van der Waals surface area contributed by atoms with Gasteiger partial charge in [-0.15, -0.1) is 0 Å². The molecule has 0 aromatic heterocycles. The summed E-state index contributed by atoms with van der Waals surface area (Å²) >= 11 is 5.79. The Bertz CT molecular complexity index is 870. The Hall–Kier alpha value is -3.06. The highest BCUT2D eigenvalue weighted by Crippen LogP contribution is 2.15. The predicted molar refractivity (Wildman–Crippen MR) is 115 cm³/mol. The molecule has 0 bridgehead atoms. The van der Waals surface area contributed by atoms with Crippen molar-refractivity contribution in [1.82, 2.24) is 4.90 Å². The SMILES string of the molecule is CCCN(CC(=O)Nc1ccccc1C)C(=O)COC(=O)COc1ccc(Cl)cc1. The van der Waals surface area contributed by atoms with Crippen LogP contribution in [-0.2, 0) is 19.1 Å². The van der Waals surface area contributed by atoms with E-state index in [2.05, 4.69) is 5.32 Å². The highest BCUT2D eigenvalue weighted by molar-refractivity contribution is 6.30. The quantitative estimate of drug-likeness (QED) is 0.581. The number of hydrogen-bond acceptors (Lipinski definition) is 5. The minimum atomic E-state index is -0.681. The second-order valence-corrected chi connectivity index (χ2v) is 7.02. The van der Waals surface area contributed by atoms with E-state index in [1.807, 2.05) is 32.0 Å². The standard InChI is InChI=1S/C22H25ClN2O5/c1-3-12-25(13-20(26)24-19-7-5-4-6-16(19)2)21(27)14-30-22(28)15-29-18-10-8-17(23)9-11-18/h4-11H,3,12-15H2,1-2H3,(H,24,26). The first-order valence-electron chi connectivity index (χ1n) is 9.56. The van der Waals surface area contributed by atoms with Crippen molar-refractivity contribution in [2.24, 2.45) is 0 Å². The summed E-state index contributed by atoms with van der Waals surface area (Å²) in [6, 6.07) is 13.9. The van der Waals surface area contributed by atoms with Crippen LogP contribution in [0.3, 0.4) is 0 Å². The molecule has 0 saturated carbocycles. The van der Waals surface area contributed by atoms with Gasteiger partial charge in [0.05, 0.1) is 6.54 Å². The Morgan fingerprint density at radius 2 is 1.73 bits per heavy atom. The second-order valence-electron chi connectivity index (χ2n) is 6.58. The number of carbonyl (C=O) groups excluding carboxylic acids is 3. The number of nitrogens with one attached hydrogen (secondary N) is 1. The van der Waals surface area contributed by atoms with Crippen LogP contribution in [0.25, 0.3) is 0 Å². The monoisotopic (exact) mass is 432 g/mol. The van der Waals surface area contributed by atoms with E-state index in [0.29, 0.717) is 29.4 Å². The van der Waals surface area contributed by atoms with Crippen LogP contribution in [0.1, 0.15) is 18.9 Å². The smallest absolute Gasteiger partial charge is 0.344 e. The van der Waals surface area contributed by atoms with Gasteiger partial charge in [0, 0.05) is 17.3 Å². The number of nitrogens with zero attached hydrogens (tertiary/aromatic N) is 1. The van der Waals surface area contributed by atoms with Crippen LogP contribution in [0, 0.1) is 6.92 Å². The molecule has 30 heavy (non-hydrogen) atoms. The maximum Gasteiger partial charge on any atom is 0.344 e. The molecule has 8 heteroatoms. The minimum Gasteiger partial charge on any atom is -0.482 e. The summed E-state index contributed by atoms with van der Waals surface area (Å²) in [4.78, 5) is 38.0. The number of ether oxygens (including phenoxy) is 2. The Balaban J connectivity index is 1.80. The lowest BCUT2D eigenvalue weighted by Gasteiger charge is -2.21. The zero-order valence-corrected chi connectivity index (χ0v) is 17.8. The molecule has 0 aliphatic rings. The lowest BCUT2D eigenvalue weighted by atomic mass is 10.2. The summed E-state index contributed by atoms with van der Waals surface area (Å²) < 4.78 is 10.3. The maximum atomic E-state index is 12.4. The molecule has 0 heterocycles. The fourth-order valence-corrected chi connectivity index (χ4v) is 2.71. The normalized spacial score (nSPS) is 10.2. The third-order valence-corrected chi connectivity index (χ3v) is 4.38. The number of amides is 2. The molecule has 160 valence electrons. The van der Waals surface area contributed by atoms with Gasteiger partial charge in [-0.3, -0.25) is 9.59 Å². The molecular formula is C22H25ClN2O5. The van der Waals surface area contributed by atoms with Crippen LogP contribution in [0.2, 0.25) is 5.02 Å². The zero-order chi connectivity index (χ0) is 21.9. The third kappa shape index (κ3) is 7.75. The highest BCUT2D eigenvalue weighted by Gasteiger charge is 2.19. The van der Waals surface area contributed by atoms with E-state index in [1.54, 1.807) is 30.3 Å². The van der Waals surface area contributed by atoms with Crippen molar-refractivity contribution >= 4 is 35.1 Å². The van der Waals surface area contributed by atoms with Crippen LogP contribution in [0.4, 0.5) is 5.69 Å². The first-order valence-corrected chi connectivity index (χ1v) is 9.94. The zero-order valence-electron chi connectivity index (χ0n) is 17.0. The van der Waals surface area contributed by atoms with Gasteiger partial charge in [0.1, 0.15) is 5.75 Å². The van der Waals surface area contributed by atoms with Crippen molar-refractivity contribution in [2.45, 2.75) is 20.3 Å². The number of halogens is 1. The van der Waals surface area contributed by atoms with Gasteiger partial charge in [0.25, 0.3) is 5.91 Å². The Kier molecular flexibility index (Phi) is 9.15.